The number of ether oxygens (including phenoxy) is 1. The van der Waals surface area contributed by atoms with Gasteiger partial charge in [0.15, 0.2) is 16.4 Å². The molecule has 1 aliphatic rings. The fourth-order valence-electron chi connectivity index (χ4n) is 3.32. The molecule has 1 amide bonds. The van der Waals surface area contributed by atoms with E-state index >= 15 is 0 Å². The second kappa shape index (κ2) is 10.6. The minimum absolute atomic E-state index is 0.0283. The first-order valence-electron chi connectivity index (χ1n) is 10.0. The molecule has 1 aliphatic heterocycles. The molecule has 2 aromatic rings. The minimum atomic E-state index is -3.11. The molecule has 1 saturated heterocycles. The molecule has 0 radical (unpaired) electrons. The van der Waals surface area contributed by atoms with Gasteiger partial charge in [-0.2, -0.15) is 0 Å². The summed E-state index contributed by atoms with van der Waals surface area (Å²) in [5.74, 6) is 0.0560. The number of thioether (sulfide) groups is 1. The average Bonchev–Trinajstić information content (AvgIpc) is 3.38. The minimum Gasteiger partial charge on any atom is -0.452 e. The number of benzene rings is 1. The number of esters is 1. The van der Waals surface area contributed by atoms with Crippen LogP contribution in [0.1, 0.15) is 36.3 Å². The van der Waals surface area contributed by atoms with Gasteiger partial charge in [0.2, 0.25) is 0 Å². The first-order valence-corrected chi connectivity index (χ1v) is 13.8. The number of rotatable bonds is 9. The van der Waals surface area contributed by atoms with Crippen molar-refractivity contribution in [3.05, 3.63) is 46.4 Å². The highest BCUT2D eigenvalue weighted by Crippen LogP contribution is 2.23. The van der Waals surface area contributed by atoms with Crippen molar-refractivity contribution >= 4 is 44.8 Å². The zero-order valence-corrected chi connectivity index (χ0v) is 20.0. The Morgan fingerprint density at radius 3 is 2.61 bits per heavy atom. The zero-order chi connectivity index (χ0) is 22.4. The molecular formula is C21H26N2O5S3. The molecule has 1 fully saturated rings. The third-order valence-electron chi connectivity index (χ3n) is 4.82. The topological polar surface area (TPSA) is 93.6 Å². The molecule has 0 saturated carbocycles. The summed E-state index contributed by atoms with van der Waals surface area (Å²) in [5, 5.41) is 2.00. The summed E-state index contributed by atoms with van der Waals surface area (Å²) < 4.78 is 28.9. The quantitative estimate of drug-likeness (QED) is 0.400. The maximum absolute atomic E-state index is 12.7. The van der Waals surface area contributed by atoms with Gasteiger partial charge in [0.1, 0.15) is 0 Å². The number of hydrogen-bond donors (Lipinski definition) is 0. The summed E-state index contributed by atoms with van der Waals surface area (Å²) in [6, 6.07) is 6.66. The highest BCUT2D eigenvalue weighted by atomic mass is 32.2. The molecule has 3 rings (SSSR count). The third-order valence-corrected chi connectivity index (χ3v) is 8.25. The van der Waals surface area contributed by atoms with Gasteiger partial charge < -0.3 is 9.64 Å². The van der Waals surface area contributed by atoms with Crippen LogP contribution < -0.4 is 0 Å². The predicted molar refractivity (Wildman–Crippen MR) is 122 cm³/mol. The number of carbonyl (C=O) groups is 2. The lowest BCUT2D eigenvalue weighted by atomic mass is 10.1. The number of amides is 1. The van der Waals surface area contributed by atoms with E-state index in [1.54, 1.807) is 45.6 Å². The van der Waals surface area contributed by atoms with Crippen molar-refractivity contribution in [1.82, 2.24) is 9.88 Å². The van der Waals surface area contributed by atoms with Crippen molar-refractivity contribution in [1.29, 1.82) is 0 Å². The zero-order valence-electron chi connectivity index (χ0n) is 17.5. The molecule has 1 atom stereocenters. The summed E-state index contributed by atoms with van der Waals surface area (Å²) >= 11 is 3.18. The largest absolute Gasteiger partial charge is 0.452 e. The maximum Gasteiger partial charge on any atom is 0.338 e. The Morgan fingerprint density at radius 1 is 1.29 bits per heavy atom. The molecule has 2 heterocycles. The van der Waals surface area contributed by atoms with Crippen LogP contribution in [0.5, 0.6) is 0 Å². The van der Waals surface area contributed by atoms with Crippen LogP contribution in [0, 0.1) is 5.92 Å². The van der Waals surface area contributed by atoms with E-state index in [2.05, 4.69) is 4.98 Å². The Morgan fingerprint density at radius 2 is 2.03 bits per heavy atom. The predicted octanol–water partition coefficient (Wildman–Crippen LogP) is 3.26. The van der Waals surface area contributed by atoms with Gasteiger partial charge in [-0.3, -0.25) is 4.79 Å². The van der Waals surface area contributed by atoms with Crippen LogP contribution in [-0.4, -0.2) is 60.9 Å². The van der Waals surface area contributed by atoms with Crippen LogP contribution in [-0.2, 0) is 25.1 Å². The Balaban J connectivity index is 1.53. The molecule has 168 valence electrons. The SMILES string of the molecule is CC(C)CN(C(=O)COC(=O)c1ccc(SCc2cscn2)cc1)C1CCS(=O)(=O)C1. The van der Waals surface area contributed by atoms with Gasteiger partial charge >= 0.3 is 5.97 Å². The second-order valence-electron chi connectivity index (χ2n) is 7.87. The third kappa shape index (κ3) is 7.05. The summed E-state index contributed by atoms with van der Waals surface area (Å²) in [5.41, 5.74) is 3.17. The van der Waals surface area contributed by atoms with E-state index in [1.807, 2.05) is 31.4 Å². The van der Waals surface area contributed by atoms with Crippen LogP contribution in [0.25, 0.3) is 0 Å². The van der Waals surface area contributed by atoms with E-state index in [9.17, 15) is 18.0 Å². The Labute approximate surface area is 191 Å². The van der Waals surface area contributed by atoms with Crippen LogP contribution >= 0.6 is 23.1 Å². The molecule has 31 heavy (non-hydrogen) atoms. The summed E-state index contributed by atoms with van der Waals surface area (Å²) in [6.45, 7) is 3.96. The normalized spacial score (nSPS) is 17.6. The van der Waals surface area contributed by atoms with Gasteiger partial charge in [-0.1, -0.05) is 13.8 Å². The van der Waals surface area contributed by atoms with Gasteiger partial charge in [0.05, 0.1) is 28.3 Å². The van der Waals surface area contributed by atoms with Gasteiger partial charge in [-0.25, -0.2) is 18.2 Å². The number of hydrogen-bond acceptors (Lipinski definition) is 8. The fraction of sp³-hybridized carbons (Fsp3) is 0.476. The molecule has 0 aliphatic carbocycles. The van der Waals surface area contributed by atoms with Gasteiger partial charge in [0.25, 0.3) is 5.91 Å². The molecular weight excluding hydrogens is 456 g/mol. The van der Waals surface area contributed by atoms with E-state index in [-0.39, 0.29) is 29.4 Å². The van der Waals surface area contributed by atoms with E-state index in [0.29, 0.717) is 18.5 Å². The van der Waals surface area contributed by atoms with Crippen molar-refractivity contribution < 1.29 is 22.7 Å². The first-order chi connectivity index (χ1) is 14.7. The molecule has 1 aromatic carbocycles. The standard InChI is InChI=1S/C21H26N2O5S3/c1-15(2)9-23(18-7-8-31(26,27)13-18)20(24)10-28-21(25)16-3-5-19(6-4-16)30-12-17-11-29-14-22-17/h3-6,11,14-15,18H,7-10,12-13H2,1-2H3. The maximum atomic E-state index is 12.7. The number of nitrogens with zero attached hydrogens (tertiary/aromatic N) is 2. The Kier molecular flexibility index (Phi) is 8.12. The number of carbonyl (C=O) groups excluding carboxylic acids is 2. The molecule has 0 N–H and O–H groups in total. The van der Waals surface area contributed by atoms with E-state index in [1.165, 1.54) is 0 Å². The van der Waals surface area contributed by atoms with Crippen molar-refractivity contribution in [2.24, 2.45) is 5.92 Å². The van der Waals surface area contributed by atoms with E-state index in [4.69, 9.17) is 4.74 Å². The smallest absolute Gasteiger partial charge is 0.338 e. The highest BCUT2D eigenvalue weighted by molar-refractivity contribution is 7.98. The fourth-order valence-corrected chi connectivity index (χ4v) is 6.51. The summed E-state index contributed by atoms with van der Waals surface area (Å²) in [7, 11) is -3.11. The lowest BCUT2D eigenvalue weighted by Gasteiger charge is -2.29. The van der Waals surface area contributed by atoms with Gasteiger partial charge in [-0.05, 0) is 36.6 Å². The molecule has 1 aromatic heterocycles. The molecule has 1 unspecified atom stereocenters. The van der Waals surface area contributed by atoms with Crippen LogP contribution in [0.3, 0.4) is 0 Å². The lowest BCUT2D eigenvalue weighted by Crippen LogP contribution is -2.45. The number of aromatic nitrogens is 1. The van der Waals surface area contributed by atoms with Crippen molar-refractivity contribution in [3.8, 4) is 0 Å². The molecule has 7 nitrogen and oxygen atoms in total. The van der Waals surface area contributed by atoms with E-state index < -0.39 is 22.4 Å². The van der Waals surface area contributed by atoms with Crippen LogP contribution in [0.15, 0.2) is 40.1 Å². The van der Waals surface area contributed by atoms with Crippen molar-refractivity contribution in [2.75, 3.05) is 24.7 Å². The number of sulfone groups is 1. The summed E-state index contributed by atoms with van der Waals surface area (Å²) in [4.78, 5) is 31.9. The molecule has 10 heteroatoms. The monoisotopic (exact) mass is 482 g/mol. The average molecular weight is 483 g/mol. The van der Waals surface area contributed by atoms with E-state index in [0.717, 1.165) is 16.3 Å². The molecule has 0 spiro atoms. The Bertz CT molecular complexity index is 989. The number of thiazole rings is 1. The van der Waals surface area contributed by atoms with Crippen molar-refractivity contribution in [2.45, 2.75) is 37.0 Å². The highest BCUT2D eigenvalue weighted by Gasteiger charge is 2.35. The lowest BCUT2D eigenvalue weighted by molar-refractivity contribution is -0.137. The van der Waals surface area contributed by atoms with Crippen LogP contribution in [0.2, 0.25) is 0 Å². The first kappa shape index (κ1) is 23.7. The van der Waals surface area contributed by atoms with Gasteiger partial charge in [0, 0.05) is 28.6 Å². The van der Waals surface area contributed by atoms with Crippen LogP contribution in [0.4, 0.5) is 0 Å². The van der Waals surface area contributed by atoms with Gasteiger partial charge in [-0.15, -0.1) is 23.1 Å². The molecule has 0 bridgehead atoms. The second-order valence-corrected chi connectivity index (χ2v) is 11.9. The Hall–Kier alpha value is -1.91. The summed E-state index contributed by atoms with van der Waals surface area (Å²) in [6.07, 6.45) is 0.425. The van der Waals surface area contributed by atoms with Crippen molar-refractivity contribution in [3.63, 3.8) is 0 Å².